The second kappa shape index (κ2) is 2.68. The van der Waals surface area contributed by atoms with Gasteiger partial charge in [0.15, 0.2) is 0 Å². The molecule has 0 radical (unpaired) electrons. The summed E-state index contributed by atoms with van der Waals surface area (Å²) < 4.78 is 21.6. The van der Waals surface area contributed by atoms with Crippen molar-refractivity contribution in [3.63, 3.8) is 0 Å². The molecule has 0 spiro atoms. The van der Waals surface area contributed by atoms with Gasteiger partial charge in [0.05, 0.1) is 0 Å². The molecule has 1 fully saturated rings. The Hall–Kier alpha value is -0.620. The molecule has 1 aliphatic carbocycles. The minimum absolute atomic E-state index is 0.319. The van der Waals surface area contributed by atoms with Crippen molar-refractivity contribution < 1.29 is 8.42 Å². The van der Waals surface area contributed by atoms with Gasteiger partial charge in [-0.1, -0.05) is 6.92 Å². The number of nitrogens with zero attached hydrogens (tertiary/aromatic N) is 2. The number of hydrogen-bond donors (Lipinski definition) is 1. The molecule has 7 heteroatoms. The van der Waals surface area contributed by atoms with Crippen LogP contribution in [0.2, 0.25) is 0 Å². The molecule has 1 saturated carbocycles. The highest BCUT2D eigenvalue weighted by atomic mass is 35.7. The third-order valence-corrected chi connectivity index (χ3v) is 3.19. The number of hydrogen-bond acceptors (Lipinski definition) is 4. The predicted molar refractivity (Wildman–Crippen MR) is 45.9 cm³/mol. The van der Waals surface area contributed by atoms with Crippen molar-refractivity contribution >= 4 is 19.7 Å². The van der Waals surface area contributed by atoms with E-state index in [-0.39, 0.29) is 5.16 Å². The van der Waals surface area contributed by atoms with Crippen LogP contribution in [0.1, 0.15) is 25.1 Å². The average molecular weight is 222 g/mol. The second-order valence-corrected chi connectivity index (χ2v) is 5.72. The summed E-state index contributed by atoms with van der Waals surface area (Å²) in [5.41, 5.74) is 0. The zero-order valence-electron chi connectivity index (χ0n) is 6.86. The van der Waals surface area contributed by atoms with Crippen molar-refractivity contribution in [2.45, 2.75) is 24.4 Å². The lowest BCUT2D eigenvalue weighted by molar-refractivity contribution is 0.601. The van der Waals surface area contributed by atoms with Crippen molar-refractivity contribution in [1.29, 1.82) is 0 Å². The molecule has 13 heavy (non-hydrogen) atoms. The summed E-state index contributed by atoms with van der Waals surface area (Å²) in [4.78, 5) is 3.81. The molecule has 5 nitrogen and oxygen atoms in total. The van der Waals surface area contributed by atoms with Gasteiger partial charge in [-0.2, -0.15) is 0 Å². The lowest BCUT2D eigenvalue weighted by atomic mass is 10.3. The lowest BCUT2D eigenvalue weighted by Crippen LogP contribution is -1.93. The molecule has 2 unspecified atom stereocenters. The lowest BCUT2D eigenvalue weighted by Gasteiger charge is -1.86. The van der Waals surface area contributed by atoms with E-state index in [0.29, 0.717) is 17.7 Å². The molecule has 1 N–H and O–H groups in total. The maximum atomic E-state index is 10.8. The van der Waals surface area contributed by atoms with Crippen molar-refractivity contribution in [3.8, 4) is 0 Å². The Balaban J connectivity index is 2.29. The fourth-order valence-electron chi connectivity index (χ4n) is 1.24. The van der Waals surface area contributed by atoms with Gasteiger partial charge in [-0.25, -0.2) is 13.4 Å². The van der Waals surface area contributed by atoms with Gasteiger partial charge >= 0.3 is 0 Å². The highest BCUT2D eigenvalue weighted by Crippen LogP contribution is 2.45. The minimum atomic E-state index is -3.79. The van der Waals surface area contributed by atoms with Crippen LogP contribution < -0.4 is 0 Å². The summed E-state index contributed by atoms with van der Waals surface area (Å²) >= 11 is 0. The fourth-order valence-corrected chi connectivity index (χ4v) is 1.81. The van der Waals surface area contributed by atoms with Gasteiger partial charge < -0.3 is 0 Å². The molecule has 2 rings (SSSR count). The smallest absolute Gasteiger partial charge is 0.262 e. The third kappa shape index (κ3) is 1.68. The Kier molecular flexibility index (Phi) is 1.85. The summed E-state index contributed by atoms with van der Waals surface area (Å²) in [6.45, 7) is 2.07. The first kappa shape index (κ1) is 8.96. The van der Waals surface area contributed by atoms with E-state index < -0.39 is 9.05 Å². The van der Waals surface area contributed by atoms with Crippen LogP contribution in [0, 0.1) is 5.92 Å². The van der Waals surface area contributed by atoms with Crippen molar-refractivity contribution in [2.24, 2.45) is 5.92 Å². The first-order valence-electron chi connectivity index (χ1n) is 3.85. The second-order valence-electron chi connectivity index (χ2n) is 3.26. The molecule has 1 aromatic rings. The number of rotatable bonds is 2. The fraction of sp³-hybridized carbons (Fsp3) is 0.667. The molecule has 0 saturated heterocycles. The van der Waals surface area contributed by atoms with Crippen molar-refractivity contribution in [2.75, 3.05) is 0 Å². The quantitative estimate of drug-likeness (QED) is 0.752. The average Bonchev–Trinajstić information content (AvgIpc) is 2.57. The van der Waals surface area contributed by atoms with Crippen LogP contribution in [0.25, 0.3) is 0 Å². The molecule has 72 valence electrons. The topological polar surface area (TPSA) is 75.7 Å². The van der Waals surface area contributed by atoms with Crippen LogP contribution in [-0.4, -0.2) is 23.6 Å². The number of aromatic amines is 1. The Labute approximate surface area is 79.9 Å². The summed E-state index contributed by atoms with van der Waals surface area (Å²) in [6.07, 6.45) is 1.02. The monoisotopic (exact) mass is 221 g/mol. The Morgan fingerprint density at radius 3 is 2.62 bits per heavy atom. The molecule has 1 aromatic heterocycles. The van der Waals surface area contributed by atoms with Crippen LogP contribution in [-0.2, 0) is 9.05 Å². The summed E-state index contributed by atoms with van der Waals surface area (Å²) in [7, 11) is 1.27. The molecule has 0 aromatic carbocycles. The van der Waals surface area contributed by atoms with E-state index in [1.165, 1.54) is 0 Å². The van der Waals surface area contributed by atoms with Crippen LogP contribution in [0.15, 0.2) is 5.16 Å². The molecule has 2 atom stereocenters. The zero-order chi connectivity index (χ0) is 9.64. The van der Waals surface area contributed by atoms with Gasteiger partial charge in [-0.3, -0.25) is 5.10 Å². The van der Waals surface area contributed by atoms with E-state index in [4.69, 9.17) is 10.7 Å². The molecule has 0 amide bonds. The van der Waals surface area contributed by atoms with E-state index in [1.54, 1.807) is 0 Å². The highest BCUT2D eigenvalue weighted by molar-refractivity contribution is 8.13. The van der Waals surface area contributed by atoms with Gasteiger partial charge in [0.25, 0.3) is 14.2 Å². The van der Waals surface area contributed by atoms with E-state index in [1.807, 2.05) is 0 Å². The standard InChI is InChI=1S/C6H8ClN3O2S/c1-3-2-4(3)5-8-6(10-9-5)13(7,11)12/h3-4H,2H2,1H3,(H,8,9,10). The first-order valence-corrected chi connectivity index (χ1v) is 6.16. The largest absolute Gasteiger partial charge is 0.298 e. The van der Waals surface area contributed by atoms with Crippen molar-refractivity contribution in [3.05, 3.63) is 5.82 Å². The third-order valence-electron chi connectivity index (χ3n) is 2.16. The molecule has 0 bridgehead atoms. The van der Waals surface area contributed by atoms with Crippen LogP contribution >= 0.6 is 10.7 Å². The van der Waals surface area contributed by atoms with E-state index in [0.717, 1.165) is 6.42 Å². The van der Waals surface area contributed by atoms with E-state index in [9.17, 15) is 8.42 Å². The SMILES string of the molecule is CC1CC1c1nc(S(=O)(=O)Cl)n[nH]1. The van der Waals surface area contributed by atoms with Gasteiger partial charge in [0.2, 0.25) is 0 Å². The summed E-state index contributed by atoms with van der Waals surface area (Å²) in [5.74, 6) is 1.49. The number of nitrogens with one attached hydrogen (secondary N) is 1. The summed E-state index contributed by atoms with van der Waals surface area (Å²) in [6, 6.07) is 0. The van der Waals surface area contributed by atoms with Crippen molar-refractivity contribution in [1.82, 2.24) is 15.2 Å². The highest BCUT2D eigenvalue weighted by Gasteiger charge is 2.37. The molecule has 0 aliphatic heterocycles. The zero-order valence-corrected chi connectivity index (χ0v) is 8.43. The van der Waals surface area contributed by atoms with Crippen LogP contribution in [0.5, 0.6) is 0 Å². The maximum Gasteiger partial charge on any atom is 0.298 e. The molecular weight excluding hydrogens is 214 g/mol. The number of H-pyrrole nitrogens is 1. The Bertz CT molecular complexity index is 427. The normalized spacial score (nSPS) is 27.5. The minimum Gasteiger partial charge on any atom is -0.262 e. The predicted octanol–water partition coefficient (Wildman–Crippen LogP) is 0.856. The van der Waals surface area contributed by atoms with Gasteiger partial charge in [0.1, 0.15) is 5.82 Å². The van der Waals surface area contributed by atoms with Crippen LogP contribution in [0.3, 0.4) is 0 Å². The number of aromatic nitrogens is 3. The summed E-state index contributed by atoms with van der Waals surface area (Å²) in [5, 5.41) is 5.78. The van der Waals surface area contributed by atoms with Gasteiger partial charge in [0, 0.05) is 16.6 Å². The van der Waals surface area contributed by atoms with E-state index in [2.05, 4.69) is 22.1 Å². The molecular formula is C6H8ClN3O2S. The van der Waals surface area contributed by atoms with Crippen LogP contribution in [0.4, 0.5) is 0 Å². The Morgan fingerprint density at radius 2 is 2.23 bits per heavy atom. The van der Waals surface area contributed by atoms with Gasteiger partial charge in [-0.15, -0.1) is 5.10 Å². The maximum absolute atomic E-state index is 10.8. The van der Waals surface area contributed by atoms with Gasteiger partial charge in [-0.05, 0) is 12.3 Å². The Morgan fingerprint density at radius 1 is 1.62 bits per heavy atom. The van der Waals surface area contributed by atoms with E-state index >= 15 is 0 Å². The molecule has 1 heterocycles. The number of halogens is 1. The first-order chi connectivity index (χ1) is 5.98. The molecule has 1 aliphatic rings.